The van der Waals surface area contributed by atoms with Gasteiger partial charge >= 0.3 is 6.09 Å². The Bertz CT molecular complexity index is 934. The SMILES string of the molecule is O=C1ON(c2ccccc2)C(c2ccc(F)cc2)N1c1cccc(Cl)c1. The van der Waals surface area contributed by atoms with Crippen LogP contribution >= 0.6 is 11.6 Å². The second kappa shape index (κ2) is 6.69. The first-order valence-electron chi connectivity index (χ1n) is 8.00. The molecule has 1 saturated heterocycles. The van der Waals surface area contributed by atoms with Crippen molar-refractivity contribution in [1.82, 2.24) is 0 Å². The Kier molecular flexibility index (Phi) is 4.22. The van der Waals surface area contributed by atoms with E-state index in [-0.39, 0.29) is 5.82 Å². The normalized spacial score (nSPS) is 16.7. The van der Waals surface area contributed by atoms with Crippen LogP contribution in [0.1, 0.15) is 11.7 Å². The molecule has 6 heteroatoms. The van der Waals surface area contributed by atoms with E-state index >= 15 is 0 Å². The molecule has 1 atom stereocenters. The van der Waals surface area contributed by atoms with Gasteiger partial charge in [-0.25, -0.2) is 14.1 Å². The molecule has 3 aromatic carbocycles. The number of hydrogen-bond acceptors (Lipinski definition) is 3. The zero-order chi connectivity index (χ0) is 18.1. The van der Waals surface area contributed by atoms with Gasteiger partial charge in [0.05, 0.1) is 11.4 Å². The van der Waals surface area contributed by atoms with E-state index in [9.17, 15) is 9.18 Å². The van der Waals surface area contributed by atoms with Crippen LogP contribution in [0.25, 0.3) is 0 Å². The van der Waals surface area contributed by atoms with Gasteiger partial charge in [0.1, 0.15) is 5.82 Å². The average molecular weight is 369 g/mol. The fourth-order valence-corrected chi connectivity index (χ4v) is 3.13. The Hall–Kier alpha value is -3.05. The van der Waals surface area contributed by atoms with Gasteiger partial charge in [-0.2, -0.15) is 5.06 Å². The van der Waals surface area contributed by atoms with Crippen molar-refractivity contribution in [3.8, 4) is 0 Å². The number of para-hydroxylation sites is 1. The van der Waals surface area contributed by atoms with E-state index in [0.717, 1.165) is 0 Å². The first kappa shape index (κ1) is 16.4. The van der Waals surface area contributed by atoms with Crippen LogP contribution in [0, 0.1) is 5.82 Å². The standard InChI is InChI=1S/C20H14ClFN2O2/c21-15-5-4-8-18(13-15)23-19(14-9-11-16(22)12-10-14)24(26-20(23)25)17-6-2-1-3-7-17/h1-13,19H. The van der Waals surface area contributed by atoms with Gasteiger partial charge in [-0.15, -0.1) is 0 Å². The van der Waals surface area contributed by atoms with E-state index in [2.05, 4.69) is 0 Å². The number of amides is 1. The number of benzene rings is 3. The van der Waals surface area contributed by atoms with Gasteiger partial charge in [0.15, 0.2) is 6.17 Å². The predicted octanol–water partition coefficient (Wildman–Crippen LogP) is 5.56. The van der Waals surface area contributed by atoms with Crippen LogP contribution in [0.4, 0.5) is 20.6 Å². The van der Waals surface area contributed by atoms with Crippen LogP contribution in [0.15, 0.2) is 78.9 Å². The van der Waals surface area contributed by atoms with Gasteiger partial charge in [-0.3, -0.25) is 0 Å². The van der Waals surface area contributed by atoms with Gasteiger partial charge in [0.2, 0.25) is 0 Å². The molecule has 4 nitrogen and oxygen atoms in total. The number of anilines is 2. The average Bonchev–Trinajstić information content (AvgIpc) is 3.00. The summed E-state index contributed by atoms with van der Waals surface area (Å²) in [6, 6.07) is 22.2. The molecule has 26 heavy (non-hydrogen) atoms. The molecule has 0 aromatic heterocycles. The van der Waals surface area contributed by atoms with Gasteiger partial charge in [0.25, 0.3) is 0 Å². The fourth-order valence-electron chi connectivity index (χ4n) is 2.94. The van der Waals surface area contributed by atoms with Crippen LogP contribution < -0.4 is 9.96 Å². The lowest BCUT2D eigenvalue weighted by atomic mass is 10.1. The molecule has 0 spiro atoms. The molecule has 0 aliphatic carbocycles. The monoisotopic (exact) mass is 368 g/mol. The van der Waals surface area contributed by atoms with Gasteiger partial charge in [-0.05, 0) is 48.0 Å². The van der Waals surface area contributed by atoms with Gasteiger partial charge in [-0.1, -0.05) is 48.0 Å². The minimum absolute atomic E-state index is 0.348. The zero-order valence-electron chi connectivity index (χ0n) is 13.5. The summed E-state index contributed by atoms with van der Waals surface area (Å²) >= 11 is 6.10. The van der Waals surface area contributed by atoms with Crippen LogP contribution in [0.5, 0.6) is 0 Å². The molecule has 1 fully saturated rings. The molecular formula is C20H14ClFN2O2. The third kappa shape index (κ3) is 2.97. The summed E-state index contributed by atoms with van der Waals surface area (Å²) in [6.45, 7) is 0. The summed E-state index contributed by atoms with van der Waals surface area (Å²) in [5, 5.41) is 2.02. The van der Waals surface area contributed by atoms with E-state index in [1.165, 1.54) is 22.1 Å². The Morgan fingerprint density at radius 1 is 0.885 bits per heavy atom. The summed E-state index contributed by atoms with van der Waals surface area (Å²) in [5.41, 5.74) is 2.01. The van der Waals surface area contributed by atoms with Gasteiger partial charge in [0, 0.05) is 5.02 Å². The third-order valence-corrected chi connectivity index (χ3v) is 4.34. The van der Waals surface area contributed by atoms with E-state index in [1.54, 1.807) is 36.4 Å². The van der Waals surface area contributed by atoms with Crippen LogP contribution in [0.2, 0.25) is 5.02 Å². The maximum Gasteiger partial charge on any atom is 0.440 e. The quantitative estimate of drug-likeness (QED) is 0.607. The number of hydrogen-bond donors (Lipinski definition) is 0. The van der Waals surface area contributed by atoms with Crippen molar-refractivity contribution >= 4 is 29.1 Å². The molecule has 130 valence electrons. The molecule has 1 aliphatic heterocycles. The van der Waals surface area contributed by atoms with Crippen molar-refractivity contribution in [2.24, 2.45) is 0 Å². The van der Waals surface area contributed by atoms with Crippen molar-refractivity contribution < 1.29 is 14.0 Å². The molecule has 0 N–H and O–H groups in total. The highest BCUT2D eigenvalue weighted by molar-refractivity contribution is 6.30. The van der Waals surface area contributed by atoms with Crippen LogP contribution in [-0.4, -0.2) is 6.09 Å². The Balaban J connectivity index is 1.84. The topological polar surface area (TPSA) is 32.8 Å². The van der Waals surface area contributed by atoms with Crippen LogP contribution in [0.3, 0.4) is 0 Å². The Morgan fingerprint density at radius 2 is 1.58 bits per heavy atom. The van der Waals surface area contributed by atoms with Crippen molar-refractivity contribution in [3.63, 3.8) is 0 Å². The van der Waals surface area contributed by atoms with Gasteiger partial charge < -0.3 is 4.84 Å². The molecule has 1 heterocycles. The maximum absolute atomic E-state index is 13.4. The maximum atomic E-state index is 13.4. The number of nitrogens with zero attached hydrogens (tertiary/aromatic N) is 2. The minimum Gasteiger partial charge on any atom is -0.319 e. The Morgan fingerprint density at radius 3 is 2.27 bits per heavy atom. The van der Waals surface area contributed by atoms with E-state index in [4.69, 9.17) is 16.4 Å². The first-order valence-corrected chi connectivity index (χ1v) is 8.38. The summed E-state index contributed by atoms with van der Waals surface area (Å²) in [4.78, 5) is 19.7. The van der Waals surface area contributed by atoms with E-state index in [1.807, 2.05) is 30.3 Å². The lowest BCUT2D eigenvalue weighted by Gasteiger charge is -2.27. The summed E-state index contributed by atoms with van der Waals surface area (Å²) in [6.07, 6.45) is -1.13. The smallest absolute Gasteiger partial charge is 0.319 e. The largest absolute Gasteiger partial charge is 0.440 e. The molecule has 1 aliphatic rings. The third-order valence-electron chi connectivity index (χ3n) is 4.11. The van der Waals surface area contributed by atoms with Crippen LogP contribution in [-0.2, 0) is 4.84 Å². The predicted molar refractivity (Wildman–Crippen MR) is 98.5 cm³/mol. The minimum atomic E-state index is -0.594. The molecule has 0 saturated carbocycles. The number of carbonyl (C=O) groups is 1. The lowest BCUT2D eigenvalue weighted by Crippen LogP contribution is -2.31. The Labute approximate surface area is 154 Å². The van der Waals surface area contributed by atoms with Crippen molar-refractivity contribution in [3.05, 3.63) is 95.3 Å². The molecule has 1 amide bonds. The molecule has 0 bridgehead atoms. The summed E-state index contributed by atoms with van der Waals surface area (Å²) < 4.78 is 13.4. The van der Waals surface area contributed by atoms with E-state index < -0.39 is 12.3 Å². The first-order chi connectivity index (χ1) is 12.6. The number of hydroxylamine groups is 1. The molecule has 0 radical (unpaired) electrons. The van der Waals surface area contributed by atoms with Crippen molar-refractivity contribution in [2.45, 2.75) is 6.17 Å². The molecule has 1 unspecified atom stereocenters. The number of rotatable bonds is 3. The summed E-state index contributed by atoms with van der Waals surface area (Å²) in [7, 11) is 0. The second-order valence-electron chi connectivity index (χ2n) is 5.79. The highest BCUT2D eigenvalue weighted by Gasteiger charge is 2.42. The lowest BCUT2D eigenvalue weighted by molar-refractivity contribution is 0.164. The number of halogens is 2. The van der Waals surface area contributed by atoms with Crippen molar-refractivity contribution in [1.29, 1.82) is 0 Å². The highest BCUT2D eigenvalue weighted by Crippen LogP contribution is 2.40. The number of carbonyl (C=O) groups excluding carboxylic acids is 1. The molecular weight excluding hydrogens is 355 g/mol. The molecule has 3 aromatic rings. The highest BCUT2D eigenvalue weighted by atomic mass is 35.5. The summed E-state index contributed by atoms with van der Waals surface area (Å²) in [5.74, 6) is -0.348. The zero-order valence-corrected chi connectivity index (χ0v) is 14.3. The molecule has 4 rings (SSSR count). The second-order valence-corrected chi connectivity index (χ2v) is 6.23. The fraction of sp³-hybridized carbons (Fsp3) is 0.0500. The van der Waals surface area contributed by atoms with E-state index in [0.29, 0.717) is 22.0 Å². The van der Waals surface area contributed by atoms with Crippen molar-refractivity contribution in [2.75, 3.05) is 9.96 Å².